The van der Waals surface area contributed by atoms with Gasteiger partial charge in [-0.1, -0.05) is 54.2 Å². The number of carbonyl (C=O) groups excluding carboxylic acids is 3. The second-order valence-corrected chi connectivity index (χ2v) is 9.00. The molecule has 11 heteroatoms. The minimum Gasteiger partial charge on any atom is -0.347 e. The van der Waals surface area contributed by atoms with Crippen molar-refractivity contribution in [3.05, 3.63) is 124 Å². The van der Waals surface area contributed by atoms with Gasteiger partial charge in [0.1, 0.15) is 11.3 Å². The van der Waals surface area contributed by atoms with Crippen LogP contribution in [0.5, 0.6) is 0 Å². The van der Waals surface area contributed by atoms with Crippen molar-refractivity contribution < 1.29 is 19.3 Å². The Labute approximate surface area is 221 Å². The van der Waals surface area contributed by atoms with Gasteiger partial charge in [-0.25, -0.2) is 4.79 Å². The van der Waals surface area contributed by atoms with Gasteiger partial charge in [0.05, 0.1) is 4.92 Å². The number of rotatable bonds is 8. The van der Waals surface area contributed by atoms with Gasteiger partial charge in [0.25, 0.3) is 17.5 Å². The van der Waals surface area contributed by atoms with Crippen molar-refractivity contribution in [2.45, 2.75) is 16.3 Å². The molecule has 0 aliphatic rings. The first-order valence-corrected chi connectivity index (χ1v) is 12.1. The Morgan fingerprint density at radius 3 is 2.29 bits per heavy atom. The van der Waals surface area contributed by atoms with Gasteiger partial charge in [-0.2, -0.15) is 0 Å². The quantitative estimate of drug-likeness (QED) is 0.215. The summed E-state index contributed by atoms with van der Waals surface area (Å²) in [4.78, 5) is 53.3. The normalized spacial score (nSPS) is 10.3. The molecule has 4 aromatic rings. The van der Waals surface area contributed by atoms with Crippen LogP contribution in [0, 0.1) is 10.1 Å². The van der Waals surface area contributed by atoms with Crippen molar-refractivity contribution in [3.8, 4) is 0 Å². The molecule has 10 nitrogen and oxygen atoms in total. The molecule has 0 aliphatic carbocycles. The maximum atomic E-state index is 12.5. The molecule has 0 aliphatic heterocycles. The number of urea groups is 1. The lowest BCUT2D eigenvalue weighted by molar-refractivity contribution is -0.385. The van der Waals surface area contributed by atoms with Gasteiger partial charge in [0.2, 0.25) is 0 Å². The zero-order chi connectivity index (χ0) is 26.9. The van der Waals surface area contributed by atoms with Gasteiger partial charge < -0.3 is 10.6 Å². The van der Waals surface area contributed by atoms with Crippen LogP contribution in [0.2, 0.25) is 0 Å². The van der Waals surface area contributed by atoms with Crippen LogP contribution in [0.15, 0.2) is 107 Å². The Balaban J connectivity index is 1.32. The highest BCUT2D eigenvalue weighted by atomic mass is 32.2. The molecule has 1 heterocycles. The number of amides is 4. The predicted octanol–water partition coefficient (Wildman–Crippen LogP) is 5.03. The molecular formula is C27H21N5O5S. The Hall–Kier alpha value is -5.03. The number of imide groups is 1. The summed E-state index contributed by atoms with van der Waals surface area (Å²) in [5.74, 6) is -1.17. The fourth-order valence-corrected chi connectivity index (χ4v) is 4.21. The molecule has 3 N–H and O–H groups in total. The maximum Gasteiger partial charge on any atom is 0.326 e. The summed E-state index contributed by atoms with van der Waals surface area (Å²) in [5.41, 5.74) is 1.08. The molecule has 0 bridgehead atoms. The van der Waals surface area contributed by atoms with Crippen LogP contribution in [-0.4, -0.2) is 27.8 Å². The molecular weight excluding hydrogens is 506 g/mol. The van der Waals surface area contributed by atoms with Crippen molar-refractivity contribution in [2.24, 2.45) is 0 Å². The molecule has 4 amide bonds. The summed E-state index contributed by atoms with van der Waals surface area (Å²) >= 11 is 1.41. The van der Waals surface area contributed by atoms with Crippen LogP contribution >= 0.6 is 11.8 Å². The predicted molar refractivity (Wildman–Crippen MR) is 142 cm³/mol. The molecule has 38 heavy (non-hydrogen) atoms. The van der Waals surface area contributed by atoms with Gasteiger partial charge in [0, 0.05) is 34.3 Å². The number of carbonyl (C=O) groups is 3. The van der Waals surface area contributed by atoms with Crippen molar-refractivity contribution in [3.63, 3.8) is 0 Å². The summed E-state index contributed by atoms with van der Waals surface area (Å²) in [6, 6.07) is 24.4. The minimum atomic E-state index is -0.886. The van der Waals surface area contributed by atoms with E-state index in [2.05, 4.69) is 20.9 Å². The monoisotopic (exact) mass is 527 g/mol. The largest absolute Gasteiger partial charge is 0.347 e. The van der Waals surface area contributed by atoms with Gasteiger partial charge in [-0.3, -0.25) is 30.0 Å². The SMILES string of the molecule is O=C(NC(=O)c1ccccc1[N+](=O)[O-])Nc1ccc(Sc2ccnc(C(=O)NCc3ccccc3)c2)cc1. The number of hydrogen-bond donors (Lipinski definition) is 3. The topological polar surface area (TPSA) is 143 Å². The lowest BCUT2D eigenvalue weighted by Crippen LogP contribution is -2.34. The van der Waals surface area contributed by atoms with E-state index in [0.29, 0.717) is 17.9 Å². The average molecular weight is 528 g/mol. The summed E-state index contributed by atoms with van der Waals surface area (Å²) in [7, 11) is 0. The van der Waals surface area contributed by atoms with E-state index in [9.17, 15) is 24.5 Å². The van der Waals surface area contributed by atoms with Crippen LogP contribution in [0.1, 0.15) is 26.4 Å². The zero-order valence-electron chi connectivity index (χ0n) is 19.8. The molecule has 3 aromatic carbocycles. The lowest BCUT2D eigenvalue weighted by atomic mass is 10.1. The van der Waals surface area contributed by atoms with E-state index in [0.717, 1.165) is 15.4 Å². The number of hydrogen-bond acceptors (Lipinski definition) is 7. The third-order valence-electron chi connectivity index (χ3n) is 5.18. The highest BCUT2D eigenvalue weighted by molar-refractivity contribution is 7.99. The van der Waals surface area contributed by atoms with E-state index < -0.39 is 22.5 Å². The Kier molecular flexibility index (Phi) is 8.42. The maximum absolute atomic E-state index is 12.5. The number of nitro groups is 1. The average Bonchev–Trinajstić information content (AvgIpc) is 2.93. The summed E-state index contributed by atoms with van der Waals surface area (Å²) in [6.45, 7) is 0.397. The Morgan fingerprint density at radius 2 is 1.55 bits per heavy atom. The third-order valence-corrected chi connectivity index (χ3v) is 6.18. The molecule has 0 radical (unpaired) electrons. The van der Waals surface area contributed by atoms with E-state index in [1.54, 1.807) is 42.6 Å². The summed E-state index contributed by atoms with van der Waals surface area (Å²) in [6.07, 6.45) is 1.56. The molecule has 4 rings (SSSR count). The summed E-state index contributed by atoms with van der Waals surface area (Å²) < 4.78 is 0. The number of pyridine rings is 1. The summed E-state index contributed by atoms with van der Waals surface area (Å²) in [5, 5.41) is 18.6. The lowest BCUT2D eigenvalue weighted by Gasteiger charge is -2.09. The molecule has 0 spiro atoms. The van der Waals surface area contributed by atoms with E-state index >= 15 is 0 Å². The van der Waals surface area contributed by atoms with E-state index in [4.69, 9.17) is 0 Å². The molecule has 0 fully saturated rings. The van der Waals surface area contributed by atoms with E-state index in [1.807, 2.05) is 30.3 Å². The molecule has 1 aromatic heterocycles. The fraction of sp³-hybridized carbons (Fsp3) is 0.0370. The number of anilines is 1. The first kappa shape index (κ1) is 26.0. The number of nitrogens with one attached hydrogen (secondary N) is 3. The van der Waals surface area contributed by atoms with Crippen molar-refractivity contribution in [2.75, 3.05) is 5.32 Å². The standard InChI is InChI=1S/C27H21N5O5S/c33-25(22-8-4-5-9-24(22)32(36)37)31-27(35)30-19-10-12-20(13-11-19)38-21-14-15-28-23(16-21)26(34)29-17-18-6-2-1-3-7-18/h1-16H,17H2,(H,29,34)(H2,30,31,33,35). The van der Waals surface area contributed by atoms with Gasteiger partial charge in [-0.15, -0.1) is 0 Å². The third kappa shape index (κ3) is 7.02. The second-order valence-electron chi connectivity index (χ2n) is 7.85. The number of nitro benzene ring substituents is 1. The highest BCUT2D eigenvalue weighted by Gasteiger charge is 2.20. The van der Waals surface area contributed by atoms with Crippen molar-refractivity contribution >= 4 is 41.0 Å². The fourth-order valence-electron chi connectivity index (χ4n) is 3.37. The Morgan fingerprint density at radius 1 is 0.842 bits per heavy atom. The van der Waals surface area contributed by atoms with Crippen LogP contribution in [-0.2, 0) is 6.54 Å². The zero-order valence-corrected chi connectivity index (χ0v) is 20.6. The van der Waals surface area contributed by atoms with Crippen LogP contribution in [0.4, 0.5) is 16.2 Å². The van der Waals surface area contributed by atoms with Crippen LogP contribution < -0.4 is 16.0 Å². The first-order chi connectivity index (χ1) is 18.4. The van der Waals surface area contributed by atoms with Crippen molar-refractivity contribution in [1.82, 2.24) is 15.6 Å². The van der Waals surface area contributed by atoms with Crippen LogP contribution in [0.3, 0.4) is 0 Å². The number of benzene rings is 3. The van der Waals surface area contributed by atoms with Crippen LogP contribution in [0.25, 0.3) is 0 Å². The number of para-hydroxylation sites is 1. The minimum absolute atomic E-state index is 0.218. The molecule has 0 saturated heterocycles. The van der Waals surface area contributed by atoms with E-state index in [-0.39, 0.29) is 11.5 Å². The van der Waals surface area contributed by atoms with Gasteiger partial charge in [-0.05, 0) is 48.0 Å². The van der Waals surface area contributed by atoms with E-state index in [1.165, 1.54) is 36.0 Å². The number of aromatic nitrogens is 1. The second kappa shape index (κ2) is 12.3. The van der Waals surface area contributed by atoms with Crippen molar-refractivity contribution in [1.29, 1.82) is 0 Å². The molecule has 0 unspecified atom stereocenters. The molecule has 0 atom stereocenters. The highest BCUT2D eigenvalue weighted by Crippen LogP contribution is 2.28. The number of nitrogens with zero attached hydrogens (tertiary/aromatic N) is 2. The van der Waals surface area contributed by atoms with Gasteiger partial charge >= 0.3 is 6.03 Å². The smallest absolute Gasteiger partial charge is 0.326 e. The van der Waals surface area contributed by atoms with Gasteiger partial charge in [0.15, 0.2) is 0 Å². The first-order valence-electron chi connectivity index (χ1n) is 11.3. The molecule has 0 saturated carbocycles. The Bertz CT molecular complexity index is 1480. The molecule has 190 valence electrons.